The molecule has 0 atom stereocenters. The molecule has 0 aliphatic rings. The lowest BCUT2D eigenvalue weighted by Gasteiger charge is -2.11. The molecule has 1 rings (SSSR count). The van der Waals surface area contributed by atoms with Gasteiger partial charge in [0.25, 0.3) is 11.8 Å². The number of carbonyl (C=O) groups excluding carboxylic acids is 2. The summed E-state index contributed by atoms with van der Waals surface area (Å²) in [5.41, 5.74) is 5.16. The van der Waals surface area contributed by atoms with Crippen molar-refractivity contribution in [2.75, 3.05) is 20.3 Å². The highest BCUT2D eigenvalue weighted by molar-refractivity contribution is 5.96. The number of rotatable bonds is 7. The topological polar surface area (TPSA) is 128 Å². The Morgan fingerprint density at radius 3 is 2.55 bits per heavy atom. The number of ether oxygens (including phenoxy) is 2. The third-order valence-corrected chi connectivity index (χ3v) is 2.20. The van der Waals surface area contributed by atoms with E-state index in [0.717, 1.165) is 0 Å². The van der Waals surface area contributed by atoms with Crippen LogP contribution in [-0.4, -0.2) is 43.2 Å². The Morgan fingerprint density at radius 2 is 2.00 bits per heavy atom. The van der Waals surface area contributed by atoms with Crippen LogP contribution in [0.1, 0.15) is 10.4 Å². The summed E-state index contributed by atoms with van der Waals surface area (Å²) in [5, 5.41) is 10.7. The molecule has 1 aromatic rings. The molecule has 8 nitrogen and oxygen atoms in total. The summed E-state index contributed by atoms with van der Waals surface area (Å²) >= 11 is 0. The molecule has 0 spiro atoms. The Bertz CT molecular complexity index is 529. The van der Waals surface area contributed by atoms with Gasteiger partial charge in [-0.2, -0.15) is 0 Å². The van der Waals surface area contributed by atoms with Crippen molar-refractivity contribution >= 4 is 17.8 Å². The molecule has 20 heavy (non-hydrogen) atoms. The predicted octanol–water partition coefficient (Wildman–Crippen LogP) is -0.626. The third kappa shape index (κ3) is 4.48. The van der Waals surface area contributed by atoms with E-state index in [1.54, 1.807) is 0 Å². The lowest BCUT2D eigenvalue weighted by molar-refractivity contribution is -0.135. The summed E-state index contributed by atoms with van der Waals surface area (Å²) in [4.78, 5) is 32.6. The minimum atomic E-state index is -1.15. The number of amides is 2. The third-order valence-electron chi connectivity index (χ3n) is 2.20. The fourth-order valence-electron chi connectivity index (χ4n) is 1.33. The second kappa shape index (κ2) is 6.98. The number of carboxylic acids is 1. The van der Waals surface area contributed by atoms with Gasteiger partial charge in [-0.25, -0.2) is 0 Å². The first kappa shape index (κ1) is 15.3. The molecule has 0 radical (unpaired) electrons. The van der Waals surface area contributed by atoms with Crippen LogP contribution >= 0.6 is 0 Å². The number of hydrogen-bond donors (Lipinski definition) is 3. The molecule has 0 aliphatic heterocycles. The maximum Gasteiger partial charge on any atom is 0.322 e. The predicted molar refractivity (Wildman–Crippen MR) is 67.7 cm³/mol. The van der Waals surface area contributed by atoms with Gasteiger partial charge < -0.3 is 25.6 Å². The van der Waals surface area contributed by atoms with Crippen molar-refractivity contribution in [2.45, 2.75) is 0 Å². The minimum absolute atomic E-state index is 0.203. The van der Waals surface area contributed by atoms with Crippen molar-refractivity contribution < 1.29 is 29.0 Å². The number of hydrogen-bond acceptors (Lipinski definition) is 5. The van der Waals surface area contributed by atoms with Gasteiger partial charge in [0.1, 0.15) is 6.54 Å². The lowest BCUT2D eigenvalue weighted by Crippen LogP contribution is -2.29. The summed E-state index contributed by atoms with van der Waals surface area (Å²) < 4.78 is 10.1. The van der Waals surface area contributed by atoms with E-state index < -0.39 is 24.3 Å². The molecular formula is C12H14N2O6. The van der Waals surface area contributed by atoms with Gasteiger partial charge in [0.05, 0.1) is 7.11 Å². The molecule has 0 saturated carbocycles. The highest BCUT2D eigenvalue weighted by Crippen LogP contribution is 2.27. The number of carbonyl (C=O) groups is 3. The Morgan fingerprint density at radius 1 is 1.30 bits per heavy atom. The maximum absolute atomic E-state index is 11.6. The monoisotopic (exact) mass is 282 g/mol. The minimum Gasteiger partial charge on any atom is -0.493 e. The van der Waals surface area contributed by atoms with Crippen LogP contribution in [0, 0.1) is 0 Å². The van der Waals surface area contributed by atoms with E-state index in [1.807, 2.05) is 0 Å². The molecule has 0 saturated heterocycles. The first-order valence-corrected chi connectivity index (χ1v) is 5.53. The SMILES string of the molecule is COc1cc(C(=O)NCC(=O)O)ccc1OCC(N)=O. The molecule has 8 heteroatoms. The van der Waals surface area contributed by atoms with Crippen LogP contribution in [0.15, 0.2) is 18.2 Å². The van der Waals surface area contributed by atoms with Crippen LogP contribution in [0.25, 0.3) is 0 Å². The number of nitrogens with two attached hydrogens (primary N) is 1. The smallest absolute Gasteiger partial charge is 0.322 e. The average Bonchev–Trinajstić information content (AvgIpc) is 2.42. The van der Waals surface area contributed by atoms with Gasteiger partial charge in [-0.1, -0.05) is 0 Å². The number of aliphatic carboxylic acids is 1. The van der Waals surface area contributed by atoms with Gasteiger partial charge in [0.2, 0.25) is 0 Å². The molecule has 0 fully saturated rings. The molecule has 0 unspecified atom stereocenters. The lowest BCUT2D eigenvalue weighted by atomic mass is 10.2. The Kier molecular flexibility index (Phi) is 5.33. The van der Waals surface area contributed by atoms with Crippen LogP contribution in [0.5, 0.6) is 11.5 Å². The van der Waals surface area contributed by atoms with Crippen molar-refractivity contribution in [3.63, 3.8) is 0 Å². The standard InChI is InChI=1S/C12H14N2O6/c1-19-9-4-7(12(18)14-5-11(16)17)2-3-8(9)20-6-10(13)15/h2-4H,5-6H2,1H3,(H2,13,15)(H,14,18)(H,16,17). The van der Waals surface area contributed by atoms with Gasteiger partial charge in [0.15, 0.2) is 18.1 Å². The first-order valence-electron chi connectivity index (χ1n) is 5.53. The highest BCUT2D eigenvalue weighted by atomic mass is 16.5. The summed E-state index contributed by atoms with van der Waals surface area (Å²) in [6.07, 6.45) is 0. The molecule has 0 aliphatic carbocycles. The Balaban J connectivity index is 2.83. The van der Waals surface area contributed by atoms with E-state index in [2.05, 4.69) is 5.32 Å². The number of carboxylic acid groups (broad SMARTS) is 1. The molecule has 0 aromatic heterocycles. The van der Waals surface area contributed by atoms with E-state index >= 15 is 0 Å². The number of nitrogens with one attached hydrogen (secondary N) is 1. The fraction of sp³-hybridized carbons (Fsp3) is 0.250. The van der Waals surface area contributed by atoms with Gasteiger partial charge in [-0.05, 0) is 18.2 Å². The summed E-state index contributed by atoms with van der Waals surface area (Å²) in [6.45, 7) is -0.804. The molecular weight excluding hydrogens is 268 g/mol. The van der Waals surface area contributed by atoms with Crippen LogP contribution in [0.3, 0.4) is 0 Å². The quantitative estimate of drug-likeness (QED) is 0.611. The van der Waals surface area contributed by atoms with E-state index in [0.29, 0.717) is 0 Å². The van der Waals surface area contributed by atoms with Crippen LogP contribution in [0.4, 0.5) is 0 Å². The van der Waals surface area contributed by atoms with Gasteiger partial charge >= 0.3 is 5.97 Å². The maximum atomic E-state index is 11.6. The second-order valence-corrected chi connectivity index (χ2v) is 3.70. The summed E-state index contributed by atoms with van der Waals surface area (Å²) in [5.74, 6) is -1.87. The van der Waals surface area contributed by atoms with Gasteiger partial charge in [-0.15, -0.1) is 0 Å². The van der Waals surface area contributed by atoms with Gasteiger partial charge in [0, 0.05) is 5.56 Å². The highest BCUT2D eigenvalue weighted by Gasteiger charge is 2.12. The van der Waals surface area contributed by atoms with Crippen LogP contribution in [0.2, 0.25) is 0 Å². The zero-order valence-electron chi connectivity index (χ0n) is 10.7. The van der Waals surface area contributed by atoms with E-state index in [-0.39, 0.29) is 23.7 Å². The second-order valence-electron chi connectivity index (χ2n) is 3.70. The number of primary amides is 1. The van der Waals surface area contributed by atoms with E-state index in [4.69, 9.17) is 20.3 Å². The normalized spacial score (nSPS) is 9.65. The molecule has 4 N–H and O–H groups in total. The zero-order valence-corrected chi connectivity index (χ0v) is 10.7. The number of methoxy groups -OCH3 is 1. The van der Waals surface area contributed by atoms with Crippen molar-refractivity contribution in [3.8, 4) is 11.5 Å². The fourth-order valence-corrected chi connectivity index (χ4v) is 1.33. The molecule has 0 heterocycles. The van der Waals surface area contributed by atoms with E-state index in [1.165, 1.54) is 25.3 Å². The van der Waals surface area contributed by atoms with Crippen LogP contribution in [-0.2, 0) is 9.59 Å². The largest absolute Gasteiger partial charge is 0.493 e. The zero-order chi connectivity index (χ0) is 15.1. The molecule has 1 aromatic carbocycles. The van der Waals surface area contributed by atoms with E-state index in [9.17, 15) is 14.4 Å². The number of benzene rings is 1. The van der Waals surface area contributed by atoms with Crippen LogP contribution < -0.4 is 20.5 Å². The molecule has 0 bridgehead atoms. The van der Waals surface area contributed by atoms with Crippen molar-refractivity contribution in [1.82, 2.24) is 5.32 Å². The van der Waals surface area contributed by atoms with Crippen molar-refractivity contribution in [3.05, 3.63) is 23.8 Å². The van der Waals surface area contributed by atoms with Crippen molar-refractivity contribution in [2.24, 2.45) is 5.73 Å². The Hall–Kier alpha value is -2.77. The molecule has 2 amide bonds. The first-order chi connectivity index (χ1) is 9.43. The van der Waals surface area contributed by atoms with Gasteiger partial charge in [-0.3, -0.25) is 14.4 Å². The average molecular weight is 282 g/mol. The Labute approximate surface area is 114 Å². The summed E-state index contributed by atoms with van der Waals surface area (Å²) in [7, 11) is 1.37. The van der Waals surface area contributed by atoms with Crippen molar-refractivity contribution in [1.29, 1.82) is 0 Å². The molecule has 108 valence electrons. The summed E-state index contributed by atoms with van der Waals surface area (Å²) in [6, 6.07) is 4.21.